The molecule has 1 aliphatic rings. The van der Waals surface area contributed by atoms with Crippen molar-refractivity contribution >= 4 is 5.91 Å². The van der Waals surface area contributed by atoms with Crippen molar-refractivity contribution in [1.29, 1.82) is 0 Å². The maximum Gasteiger partial charge on any atom is 0.289 e. The zero-order valence-electron chi connectivity index (χ0n) is 10.9. The summed E-state index contributed by atoms with van der Waals surface area (Å²) < 4.78 is 5.29. The van der Waals surface area contributed by atoms with Gasteiger partial charge in [-0.1, -0.05) is 0 Å². The molecule has 1 aliphatic heterocycles. The van der Waals surface area contributed by atoms with Crippen molar-refractivity contribution in [2.24, 2.45) is 0 Å². The minimum atomic E-state index is -0.00767. The van der Waals surface area contributed by atoms with E-state index in [2.05, 4.69) is 10.2 Å². The summed E-state index contributed by atoms with van der Waals surface area (Å²) in [5, 5.41) is 6.99. The Morgan fingerprint density at radius 3 is 3.11 bits per heavy atom. The van der Waals surface area contributed by atoms with E-state index in [1.165, 1.54) is 0 Å². The second kappa shape index (κ2) is 4.91. The SMILES string of the molecule is Cc1ccoc1C(=O)N1CCCC(c2ccn[nH]2)C1. The molecule has 1 atom stereocenters. The average molecular weight is 259 g/mol. The molecule has 1 unspecified atom stereocenters. The summed E-state index contributed by atoms with van der Waals surface area (Å²) in [5.41, 5.74) is 2.00. The fourth-order valence-electron chi connectivity index (χ4n) is 2.64. The van der Waals surface area contributed by atoms with E-state index in [1.54, 1.807) is 12.5 Å². The molecule has 3 rings (SSSR count). The molecule has 2 aromatic rings. The van der Waals surface area contributed by atoms with Gasteiger partial charge >= 0.3 is 0 Å². The molecule has 0 aliphatic carbocycles. The quantitative estimate of drug-likeness (QED) is 0.900. The van der Waals surface area contributed by atoms with Gasteiger partial charge in [-0.15, -0.1) is 0 Å². The highest BCUT2D eigenvalue weighted by Gasteiger charge is 2.28. The lowest BCUT2D eigenvalue weighted by Gasteiger charge is -2.31. The molecule has 0 saturated carbocycles. The van der Waals surface area contributed by atoms with Crippen molar-refractivity contribution in [2.45, 2.75) is 25.7 Å². The smallest absolute Gasteiger partial charge is 0.289 e. The molecule has 3 heterocycles. The van der Waals surface area contributed by atoms with Gasteiger partial charge in [0.25, 0.3) is 5.91 Å². The Morgan fingerprint density at radius 2 is 2.42 bits per heavy atom. The Kier molecular flexibility index (Phi) is 3.11. The number of aromatic amines is 1. The number of rotatable bonds is 2. The van der Waals surface area contributed by atoms with Gasteiger partial charge in [0.15, 0.2) is 5.76 Å². The van der Waals surface area contributed by atoms with Crippen LogP contribution in [0.3, 0.4) is 0 Å². The van der Waals surface area contributed by atoms with Gasteiger partial charge in [-0.3, -0.25) is 9.89 Å². The first kappa shape index (κ1) is 12.0. The molecule has 0 bridgehead atoms. The number of carbonyl (C=O) groups is 1. The van der Waals surface area contributed by atoms with E-state index in [-0.39, 0.29) is 5.91 Å². The van der Waals surface area contributed by atoms with Gasteiger partial charge in [0.2, 0.25) is 0 Å². The van der Waals surface area contributed by atoms with Crippen LogP contribution in [-0.2, 0) is 0 Å². The van der Waals surface area contributed by atoms with Crippen LogP contribution in [0.15, 0.2) is 29.0 Å². The number of H-pyrrole nitrogens is 1. The number of hydrogen-bond donors (Lipinski definition) is 1. The van der Waals surface area contributed by atoms with Crippen LogP contribution in [0.5, 0.6) is 0 Å². The van der Waals surface area contributed by atoms with Gasteiger partial charge in [-0.2, -0.15) is 5.10 Å². The van der Waals surface area contributed by atoms with Crippen LogP contribution in [-0.4, -0.2) is 34.1 Å². The van der Waals surface area contributed by atoms with Crippen molar-refractivity contribution in [3.05, 3.63) is 41.6 Å². The molecular weight excluding hydrogens is 242 g/mol. The van der Waals surface area contributed by atoms with E-state index < -0.39 is 0 Å². The number of aromatic nitrogens is 2. The molecule has 5 heteroatoms. The van der Waals surface area contributed by atoms with E-state index >= 15 is 0 Å². The monoisotopic (exact) mass is 259 g/mol. The molecule has 1 amide bonds. The van der Waals surface area contributed by atoms with Crippen LogP contribution in [0.25, 0.3) is 0 Å². The number of furan rings is 1. The normalized spacial score (nSPS) is 19.6. The third-order valence-corrected chi connectivity index (χ3v) is 3.73. The van der Waals surface area contributed by atoms with Crippen molar-refractivity contribution in [3.8, 4) is 0 Å². The maximum absolute atomic E-state index is 12.4. The van der Waals surface area contributed by atoms with E-state index in [9.17, 15) is 4.79 Å². The minimum absolute atomic E-state index is 0.00767. The van der Waals surface area contributed by atoms with Crippen LogP contribution in [0.1, 0.15) is 40.6 Å². The first-order chi connectivity index (χ1) is 9.25. The molecule has 0 spiro atoms. The fourth-order valence-corrected chi connectivity index (χ4v) is 2.64. The predicted molar refractivity (Wildman–Crippen MR) is 69.9 cm³/mol. The van der Waals surface area contributed by atoms with Crippen molar-refractivity contribution in [1.82, 2.24) is 15.1 Å². The van der Waals surface area contributed by atoms with Crippen LogP contribution >= 0.6 is 0 Å². The molecule has 19 heavy (non-hydrogen) atoms. The van der Waals surface area contributed by atoms with E-state index in [4.69, 9.17) is 4.42 Å². The maximum atomic E-state index is 12.4. The highest BCUT2D eigenvalue weighted by Crippen LogP contribution is 2.26. The lowest BCUT2D eigenvalue weighted by Crippen LogP contribution is -2.39. The lowest BCUT2D eigenvalue weighted by atomic mass is 9.94. The first-order valence-electron chi connectivity index (χ1n) is 6.58. The second-order valence-electron chi connectivity index (χ2n) is 5.04. The Labute approximate surface area is 111 Å². The van der Waals surface area contributed by atoms with Crippen molar-refractivity contribution < 1.29 is 9.21 Å². The number of nitrogens with one attached hydrogen (secondary N) is 1. The average Bonchev–Trinajstić information content (AvgIpc) is 3.09. The Hall–Kier alpha value is -2.04. The summed E-state index contributed by atoms with van der Waals surface area (Å²) >= 11 is 0. The van der Waals surface area contributed by atoms with Gasteiger partial charge in [0, 0.05) is 36.5 Å². The standard InChI is InChI=1S/C14H17N3O2/c1-10-5-8-19-13(10)14(18)17-7-2-3-11(9-17)12-4-6-15-16-12/h4-6,8,11H,2-3,7,9H2,1H3,(H,15,16). The summed E-state index contributed by atoms with van der Waals surface area (Å²) in [4.78, 5) is 14.3. The van der Waals surface area contributed by atoms with E-state index in [0.29, 0.717) is 11.7 Å². The minimum Gasteiger partial charge on any atom is -0.459 e. The molecule has 100 valence electrons. The molecule has 2 aromatic heterocycles. The van der Waals surface area contributed by atoms with Crippen LogP contribution in [0, 0.1) is 6.92 Å². The highest BCUT2D eigenvalue weighted by atomic mass is 16.3. The molecule has 0 radical (unpaired) electrons. The number of piperidine rings is 1. The third kappa shape index (κ3) is 2.28. The summed E-state index contributed by atoms with van der Waals surface area (Å²) in [7, 11) is 0. The van der Waals surface area contributed by atoms with E-state index in [0.717, 1.165) is 37.2 Å². The molecule has 5 nitrogen and oxygen atoms in total. The molecular formula is C14H17N3O2. The number of nitrogens with zero attached hydrogens (tertiary/aromatic N) is 2. The number of hydrogen-bond acceptors (Lipinski definition) is 3. The number of carbonyl (C=O) groups excluding carboxylic acids is 1. The summed E-state index contributed by atoms with van der Waals surface area (Å²) in [6.07, 6.45) is 5.42. The fraction of sp³-hybridized carbons (Fsp3) is 0.429. The Bertz CT molecular complexity index is 559. The van der Waals surface area contributed by atoms with Gasteiger partial charge in [0.1, 0.15) is 0 Å². The predicted octanol–water partition coefficient (Wildman–Crippen LogP) is 2.33. The summed E-state index contributed by atoms with van der Waals surface area (Å²) in [5.74, 6) is 0.799. The van der Waals surface area contributed by atoms with Crippen LogP contribution in [0.4, 0.5) is 0 Å². The van der Waals surface area contributed by atoms with Gasteiger partial charge in [-0.25, -0.2) is 0 Å². The number of amides is 1. The Morgan fingerprint density at radius 1 is 1.53 bits per heavy atom. The van der Waals surface area contributed by atoms with Crippen molar-refractivity contribution in [2.75, 3.05) is 13.1 Å². The number of likely N-dealkylation sites (tertiary alicyclic amines) is 1. The largest absolute Gasteiger partial charge is 0.459 e. The number of aryl methyl sites for hydroxylation is 1. The van der Waals surface area contributed by atoms with Gasteiger partial charge in [0.05, 0.1) is 6.26 Å². The summed E-state index contributed by atoms with van der Waals surface area (Å²) in [6.45, 7) is 3.41. The molecule has 1 saturated heterocycles. The van der Waals surface area contributed by atoms with Gasteiger partial charge in [-0.05, 0) is 31.9 Å². The first-order valence-corrected chi connectivity index (χ1v) is 6.58. The van der Waals surface area contributed by atoms with Crippen LogP contribution in [0.2, 0.25) is 0 Å². The molecule has 1 fully saturated rings. The summed E-state index contributed by atoms with van der Waals surface area (Å²) in [6, 6.07) is 3.81. The van der Waals surface area contributed by atoms with Crippen LogP contribution < -0.4 is 0 Å². The Balaban J connectivity index is 1.75. The topological polar surface area (TPSA) is 62.1 Å². The zero-order valence-corrected chi connectivity index (χ0v) is 10.9. The lowest BCUT2D eigenvalue weighted by molar-refractivity contribution is 0.0672. The zero-order chi connectivity index (χ0) is 13.2. The van der Waals surface area contributed by atoms with E-state index in [1.807, 2.05) is 24.0 Å². The van der Waals surface area contributed by atoms with Gasteiger partial charge < -0.3 is 9.32 Å². The highest BCUT2D eigenvalue weighted by molar-refractivity contribution is 5.92. The molecule has 1 N–H and O–H groups in total. The van der Waals surface area contributed by atoms with Crippen molar-refractivity contribution in [3.63, 3.8) is 0 Å². The second-order valence-corrected chi connectivity index (χ2v) is 5.04. The third-order valence-electron chi connectivity index (χ3n) is 3.73. The molecule has 0 aromatic carbocycles.